The van der Waals surface area contributed by atoms with Crippen molar-refractivity contribution in [2.24, 2.45) is 0 Å². The number of ether oxygens (including phenoxy) is 1. The molecule has 28 heavy (non-hydrogen) atoms. The number of alkyl halides is 3. The van der Waals surface area contributed by atoms with Crippen LogP contribution < -0.4 is 10.1 Å². The summed E-state index contributed by atoms with van der Waals surface area (Å²) in [6.45, 7) is 1.44. The van der Waals surface area contributed by atoms with Crippen LogP contribution in [0, 0.1) is 27.2 Å². The summed E-state index contributed by atoms with van der Waals surface area (Å²) in [5.41, 5.74) is -5.65. The van der Waals surface area contributed by atoms with Crippen molar-refractivity contribution < 1.29 is 27.8 Å². The highest BCUT2D eigenvalue weighted by Crippen LogP contribution is 2.49. The summed E-state index contributed by atoms with van der Waals surface area (Å²) >= 11 is 11.5. The number of hydrogen-bond donors (Lipinski definition) is 1. The van der Waals surface area contributed by atoms with Crippen LogP contribution in [0.15, 0.2) is 6.07 Å². The van der Waals surface area contributed by atoms with Crippen molar-refractivity contribution in [1.82, 2.24) is 9.97 Å². The fraction of sp³-hybridized carbons (Fsp3) is 0.231. The van der Waals surface area contributed by atoms with Crippen LogP contribution in [0.5, 0.6) is 5.88 Å². The van der Waals surface area contributed by atoms with Gasteiger partial charge in [0.2, 0.25) is 5.88 Å². The van der Waals surface area contributed by atoms with Gasteiger partial charge >= 0.3 is 17.6 Å². The average Bonchev–Trinajstić information content (AvgIpc) is 2.55. The minimum Gasteiger partial charge on any atom is -0.479 e. The average molecular weight is 442 g/mol. The molecule has 1 aromatic heterocycles. The zero-order valence-electron chi connectivity index (χ0n) is 13.8. The van der Waals surface area contributed by atoms with Crippen LogP contribution in [-0.2, 0) is 6.18 Å². The number of nitrogens with one attached hydrogen (secondary N) is 1. The van der Waals surface area contributed by atoms with Crippen molar-refractivity contribution in [2.45, 2.75) is 13.1 Å². The van der Waals surface area contributed by atoms with Crippen molar-refractivity contribution in [3.8, 4) is 5.88 Å². The molecule has 150 valence electrons. The molecule has 1 N–H and O–H groups in total. The summed E-state index contributed by atoms with van der Waals surface area (Å²) in [6, 6.07) is 0.0765. The Bertz CT molecular complexity index is 986. The quantitative estimate of drug-likeness (QED) is 0.401. The molecule has 10 nitrogen and oxygen atoms in total. The zero-order valence-corrected chi connectivity index (χ0v) is 15.3. The monoisotopic (exact) mass is 441 g/mol. The Balaban J connectivity index is 2.86. The lowest BCUT2D eigenvalue weighted by molar-refractivity contribution is -0.392. The van der Waals surface area contributed by atoms with Crippen molar-refractivity contribution in [1.29, 1.82) is 0 Å². The van der Waals surface area contributed by atoms with Gasteiger partial charge in [-0.15, -0.1) is 0 Å². The number of benzene rings is 1. The highest BCUT2D eigenvalue weighted by Gasteiger charge is 2.42. The number of nitrogens with zero attached hydrogens (tertiary/aromatic N) is 4. The maximum atomic E-state index is 13.1. The first-order chi connectivity index (χ1) is 12.9. The minimum absolute atomic E-state index is 0.0765. The molecule has 0 saturated heterocycles. The topological polar surface area (TPSA) is 133 Å². The number of nitro groups is 2. The van der Waals surface area contributed by atoms with Gasteiger partial charge in [0.05, 0.1) is 22.5 Å². The molecule has 0 amide bonds. The fourth-order valence-electron chi connectivity index (χ4n) is 2.17. The molecule has 15 heteroatoms. The van der Waals surface area contributed by atoms with E-state index in [0.717, 1.165) is 7.11 Å². The molecule has 2 rings (SSSR count). The molecule has 0 fully saturated rings. The molecule has 0 saturated carbocycles. The molecule has 2 aromatic rings. The van der Waals surface area contributed by atoms with Gasteiger partial charge in [0.1, 0.15) is 16.5 Å². The number of rotatable bonds is 5. The molecule has 0 bridgehead atoms. The summed E-state index contributed by atoms with van der Waals surface area (Å²) in [7, 11) is 1.16. The second-order valence-corrected chi connectivity index (χ2v) is 5.80. The predicted molar refractivity (Wildman–Crippen MR) is 91.4 cm³/mol. The maximum absolute atomic E-state index is 13.1. The Morgan fingerprint density at radius 2 is 1.75 bits per heavy atom. The summed E-state index contributed by atoms with van der Waals surface area (Å²) < 4.78 is 44.3. The van der Waals surface area contributed by atoms with E-state index in [1.54, 1.807) is 0 Å². The number of anilines is 2. The number of nitro benzene ring substituents is 2. The smallest absolute Gasteiger partial charge is 0.418 e. The van der Waals surface area contributed by atoms with E-state index >= 15 is 0 Å². The number of aromatic nitrogens is 2. The van der Waals surface area contributed by atoms with E-state index in [-0.39, 0.29) is 28.6 Å². The standard InChI is InChI=1S/C13H8Cl2F3N5O5/c1-4-19-11(15)9(12(20-4)28-2)21-8-6(22(24)25)3-5(13(16,17)18)7(14)10(8)23(26)27/h3,21H,1-2H3. The molecule has 0 radical (unpaired) electrons. The zero-order chi connectivity index (χ0) is 21.4. The van der Waals surface area contributed by atoms with Crippen LogP contribution in [-0.4, -0.2) is 26.9 Å². The molecular formula is C13H8Cl2F3N5O5. The second kappa shape index (κ2) is 7.59. The van der Waals surface area contributed by atoms with Crippen LogP contribution in [0.3, 0.4) is 0 Å². The SMILES string of the molecule is COc1nc(C)nc(Cl)c1Nc1c([N+](=O)[O-])cc(C(F)(F)F)c(Cl)c1[N+](=O)[O-]. The highest BCUT2D eigenvalue weighted by atomic mass is 35.5. The van der Waals surface area contributed by atoms with Crippen molar-refractivity contribution in [3.05, 3.63) is 47.9 Å². The third-order valence-corrected chi connectivity index (χ3v) is 3.95. The van der Waals surface area contributed by atoms with E-state index in [1.807, 2.05) is 0 Å². The number of halogens is 5. The van der Waals surface area contributed by atoms with Crippen LogP contribution in [0.1, 0.15) is 11.4 Å². The Morgan fingerprint density at radius 3 is 2.21 bits per heavy atom. The van der Waals surface area contributed by atoms with E-state index in [4.69, 9.17) is 27.9 Å². The highest BCUT2D eigenvalue weighted by molar-refractivity contribution is 6.35. The van der Waals surface area contributed by atoms with E-state index < -0.39 is 43.7 Å². The van der Waals surface area contributed by atoms with Gasteiger partial charge < -0.3 is 10.1 Å². The summed E-state index contributed by atoms with van der Waals surface area (Å²) in [5.74, 6) is -0.112. The van der Waals surface area contributed by atoms with Crippen LogP contribution in [0.25, 0.3) is 0 Å². The summed E-state index contributed by atoms with van der Waals surface area (Å²) in [4.78, 5) is 27.8. The molecule has 0 aliphatic carbocycles. The molecular weight excluding hydrogens is 434 g/mol. The number of aryl methyl sites for hydroxylation is 1. The largest absolute Gasteiger partial charge is 0.479 e. The molecule has 0 atom stereocenters. The third-order valence-electron chi connectivity index (χ3n) is 3.29. The van der Waals surface area contributed by atoms with Crippen LogP contribution in [0.4, 0.5) is 35.9 Å². The Labute approximate surface area is 163 Å². The van der Waals surface area contributed by atoms with Gasteiger partial charge in [-0.3, -0.25) is 20.2 Å². The molecule has 1 aromatic carbocycles. The van der Waals surface area contributed by atoms with E-state index in [2.05, 4.69) is 15.3 Å². The van der Waals surface area contributed by atoms with Crippen LogP contribution in [0.2, 0.25) is 10.2 Å². The maximum Gasteiger partial charge on any atom is 0.418 e. The van der Waals surface area contributed by atoms with E-state index in [1.165, 1.54) is 6.92 Å². The second-order valence-electron chi connectivity index (χ2n) is 5.06. The molecule has 0 spiro atoms. The van der Waals surface area contributed by atoms with Gasteiger partial charge in [-0.05, 0) is 6.92 Å². The van der Waals surface area contributed by atoms with E-state index in [9.17, 15) is 33.4 Å². The first-order valence-electron chi connectivity index (χ1n) is 6.96. The normalized spacial score (nSPS) is 11.2. The molecule has 0 unspecified atom stereocenters. The lowest BCUT2D eigenvalue weighted by Crippen LogP contribution is -2.11. The Kier molecular flexibility index (Phi) is 5.80. The van der Waals surface area contributed by atoms with Crippen molar-refractivity contribution in [3.63, 3.8) is 0 Å². The number of hydrogen-bond acceptors (Lipinski definition) is 8. The Hall–Kier alpha value is -2.93. The predicted octanol–water partition coefficient (Wildman–Crippen LogP) is 4.68. The van der Waals surface area contributed by atoms with Gasteiger partial charge in [-0.1, -0.05) is 23.2 Å². The molecule has 0 aliphatic heterocycles. The number of methoxy groups -OCH3 is 1. The molecule has 0 aliphatic rings. The first kappa shape index (κ1) is 21.4. The lowest BCUT2D eigenvalue weighted by Gasteiger charge is -2.15. The lowest BCUT2D eigenvalue weighted by atomic mass is 10.1. The summed E-state index contributed by atoms with van der Waals surface area (Å²) in [6.07, 6.45) is -5.17. The third kappa shape index (κ3) is 3.99. The summed E-state index contributed by atoms with van der Waals surface area (Å²) in [5, 5.41) is 23.2. The van der Waals surface area contributed by atoms with Crippen molar-refractivity contribution >= 4 is 46.0 Å². The minimum atomic E-state index is -5.17. The Morgan fingerprint density at radius 1 is 1.14 bits per heavy atom. The van der Waals surface area contributed by atoms with Gasteiger partial charge in [0, 0.05) is 6.07 Å². The van der Waals surface area contributed by atoms with Gasteiger partial charge in [0.15, 0.2) is 10.8 Å². The fourth-order valence-corrected chi connectivity index (χ4v) is 2.74. The van der Waals surface area contributed by atoms with Gasteiger partial charge in [-0.25, -0.2) is 4.98 Å². The first-order valence-corrected chi connectivity index (χ1v) is 7.71. The van der Waals surface area contributed by atoms with Crippen molar-refractivity contribution in [2.75, 3.05) is 12.4 Å². The van der Waals surface area contributed by atoms with Gasteiger partial charge in [-0.2, -0.15) is 18.2 Å². The van der Waals surface area contributed by atoms with Gasteiger partial charge in [0.25, 0.3) is 0 Å². The van der Waals surface area contributed by atoms with E-state index in [0.29, 0.717) is 0 Å². The molecule has 1 heterocycles. The van der Waals surface area contributed by atoms with Crippen LogP contribution >= 0.6 is 23.2 Å².